The summed E-state index contributed by atoms with van der Waals surface area (Å²) in [6.07, 6.45) is 4.29. The van der Waals surface area contributed by atoms with Gasteiger partial charge in [0.15, 0.2) is 0 Å². The predicted molar refractivity (Wildman–Crippen MR) is 82.6 cm³/mol. The van der Waals surface area contributed by atoms with Crippen LogP contribution >= 0.6 is 0 Å². The van der Waals surface area contributed by atoms with E-state index in [9.17, 15) is 4.79 Å². The van der Waals surface area contributed by atoms with Crippen molar-refractivity contribution in [2.75, 3.05) is 21.3 Å². The molecule has 2 bridgehead atoms. The number of benzene rings is 1. The molecule has 2 aliphatic heterocycles. The number of nitrogens with zero attached hydrogens (tertiary/aromatic N) is 1. The molecule has 2 aliphatic rings. The van der Waals surface area contributed by atoms with Crippen molar-refractivity contribution in [2.24, 2.45) is 0 Å². The van der Waals surface area contributed by atoms with E-state index in [0.717, 1.165) is 12.8 Å². The average Bonchev–Trinajstić information content (AvgIpc) is 2.76. The Morgan fingerprint density at radius 3 is 2.09 bits per heavy atom. The maximum absolute atomic E-state index is 12.4. The van der Waals surface area contributed by atoms with Gasteiger partial charge in [-0.25, -0.2) is 4.79 Å². The van der Waals surface area contributed by atoms with Gasteiger partial charge in [0, 0.05) is 31.0 Å². The van der Waals surface area contributed by atoms with E-state index in [0.29, 0.717) is 29.1 Å². The van der Waals surface area contributed by atoms with Gasteiger partial charge < -0.3 is 19.1 Å². The molecule has 120 valence electrons. The summed E-state index contributed by atoms with van der Waals surface area (Å²) < 4.78 is 16.1. The molecule has 3 atom stereocenters. The molecule has 0 aliphatic carbocycles. The number of carbonyl (C=O) groups excluding carboxylic acids is 1. The second-order valence-corrected chi connectivity index (χ2v) is 6.15. The molecular weight excluding hydrogens is 282 g/mol. The Morgan fingerprint density at radius 1 is 1.05 bits per heavy atom. The fourth-order valence-corrected chi connectivity index (χ4v) is 3.60. The van der Waals surface area contributed by atoms with Crippen LogP contribution in [0.15, 0.2) is 18.2 Å². The summed E-state index contributed by atoms with van der Waals surface area (Å²) in [6, 6.07) is 6.22. The van der Waals surface area contributed by atoms with Crippen LogP contribution in [0, 0.1) is 0 Å². The first kappa shape index (κ1) is 15.2. The highest BCUT2D eigenvalue weighted by molar-refractivity contribution is 5.90. The topological polar surface area (TPSA) is 48.0 Å². The summed E-state index contributed by atoms with van der Waals surface area (Å²) in [4.78, 5) is 14.8. The third-order valence-electron chi connectivity index (χ3n) is 4.92. The van der Waals surface area contributed by atoms with Crippen LogP contribution in [0.25, 0.3) is 0 Å². The molecule has 2 saturated heterocycles. The minimum absolute atomic E-state index is 0.0124. The minimum atomic E-state index is -0.300. The molecule has 0 saturated carbocycles. The summed E-state index contributed by atoms with van der Waals surface area (Å²) in [6.45, 7) is 0. The second-order valence-electron chi connectivity index (χ2n) is 6.15. The average molecular weight is 305 g/mol. The molecule has 2 fully saturated rings. The van der Waals surface area contributed by atoms with E-state index in [1.54, 1.807) is 32.4 Å². The Labute approximate surface area is 131 Å². The summed E-state index contributed by atoms with van der Waals surface area (Å²) in [5.41, 5.74) is 0.475. The highest BCUT2D eigenvalue weighted by Crippen LogP contribution is 2.36. The first-order valence-corrected chi connectivity index (χ1v) is 7.76. The van der Waals surface area contributed by atoms with E-state index < -0.39 is 0 Å². The van der Waals surface area contributed by atoms with Crippen LogP contribution in [0.2, 0.25) is 0 Å². The summed E-state index contributed by atoms with van der Waals surface area (Å²) in [5, 5.41) is 0. The Hall–Kier alpha value is -1.75. The standard InChI is InChI=1S/C17H23NO4/c1-18-12-4-5-13(18)9-16(8-12)22-17(19)11-6-14(20-2)10-15(7-11)21-3/h6-7,10,12-13,16H,4-5,8-9H2,1-3H3/t12-,13+,16?. The Balaban J connectivity index is 1.70. The highest BCUT2D eigenvalue weighted by atomic mass is 16.5. The lowest BCUT2D eigenvalue weighted by molar-refractivity contribution is -0.000504. The van der Waals surface area contributed by atoms with E-state index in [4.69, 9.17) is 14.2 Å². The van der Waals surface area contributed by atoms with Crippen molar-refractivity contribution in [3.05, 3.63) is 23.8 Å². The number of hydrogen-bond acceptors (Lipinski definition) is 5. The van der Waals surface area contributed by atoms with Gasteiger partial charge in [-0.05, 0) is 32.0 Å². The lowest BCUT2D eigenvalue weighted by atomic mass is 10.0. The van der Waals surface area contributed by atoms with Crippen molar-refractivity contribution in [2.45, 2.75) is 43.9 Å². The van der Waals surface area contributed by atoms with E-state index in [1.165, 1.54) is 12.8 Å². The van der Waals surface area contributed by atoms with Crippen molar-refractivity contribution < 1.29 is 19.0 Å². The fraction of sp³-hybridized carbons (Fsp3) is 0.588. The van der Waals surface area contributed by atoms with Gasteiger partial charge in [0.25, 0.3) is 0 Å². The highest BCUT2D eigenvalue weighted by Gasteiger charge is 2.39. The van der Waals surface area contributed by atoms with Gasteiger partial charge in [-0.2, -0.15) is 0 Å². The number of hydrogen-bond donors (Lipinski definition) is 0. The van der Waals surface area contributed by atoms with Crippen LogP contribution in [-0.4, -0.2) is 50.3 Å². The predicted octanol–water partition coefficient (Wildman–Crippen LogP) is 2.49. The van der Waals surface area contributed by atoms with Crippen molar-refractivity contribution in [3.63, 3.8) is 0 Å². The quantitative estimate of drug-likeness (QED) is 0.800. The van der Waals surface area contributed by atoms with Crippen LogP contribution in [-0.2, 0) is 4.74 Å². The van der Waals surface area contributed by atoms with E-state index >= 15 is 0 Å². The Morgan fingerprint density at radius 2 is 1.59 bits per heavy atom. The van der Waals surface area contributed by atoms with E-state index in [1.807, 2.05) is 0 Å². The van der Waals surface area contributed by atoms with Gasteiger partial charge in [-0.3, -0.25) is 0 Å². The molecule has 0 N–H and O–H groups in total. The molecule has 1 aromatic carbocycles. The lowest BCUT2D eigenvalue weighted by Gasteiger charge is -2.35. The molecule has 2 heterocycles. The molecule has 5 nitrogen and oxygen atoms in total. The number of ether oxygens (including phenoxy) is 3. The van der Waals surface area contributed by atoms with Gasteiger partial charge in [0.2, 0.25) is 0 Å². The van der Waals surface area contributed by atoms with E-state index in [2.05, 4.69) is 11.9 Å². The number of esters is 1. The summed E-state index contributed by atoms with van der Waals surface area (Å²) in [5.74, 6) is 0.885. The van der Waals surface area contributed by atoms with Crippen molar-refractivity contribution in [1.82, 2.24) is 4.90 Å². The van der Waals surface area contributed by atoms with Gasteiger partial charge in [-0.15, -0.1) is 0 Å². The van der Waals surface area contributed by atoms with Crippen LogP contribution in [0.3, 0.4) is 0 Å². The lowest BCUT2D eigenvalue weighted by Crippen LogP contribution is -2.43. The summed E-state index contributed by atoms with van der Waals surface area (Å²) in [7, 11) is 5.31. The SMILES string of the molecule is COc1cc(OC)cc(C(=O)OC2C[C@H]3CC[C@@H](C2)N3C)c1. The maximum Gasteiger partial charge on any atom is 0.338 e. The third-order valence-corrected chi connectivity index (χ3v) is 4.92. The first-order valence-electron chi connectivity index (χ1n) is 7.76. The normalized spacial score (nSPS) is 27.5. The second kappa shape index (κ2) is 6.16. The number of rotatable bonds is 4. The summed E-state index contributed by atoms with van der Waals surface area (Å²) >= 11 is 0. The molecule has 5 heteroatoms. The van der Waals surface area contributed by atoms with Gasteiger partial charge >= 0.3 is 5.97 Å². The first-order chi connectivity index (χ1) is 10.6. The van der Waals surface area contributed by atoms with Gasteiger partial charge in [0.05, 0.1) is 19.8 Å². The fourth-order valence-electron chi connectivity index (χ4n) is 3.60. The van der Waals surface area contributed by atoms with Crippen LogP contribution < -0.4 is 9.47 Å². The number of carbonyl (C=O) groups is 1. The van der Waals surface area contributed by atoms with Crippen LogP contribution in [0.1, 0.15) is 36.0 Å². The van der Waals surface area contributed by atoms with Gasteiger partial charge in [0.1, 0.15) is 17.6 Å². The number of methoxy groups -OCH3 is 2. The number of fused-ring (bicyclic) bond motifs is 2. The number of piperidine rings is 1. The van der Waals surface area contributed by atoms with Crippen molar-refractivity contribution in [1.29, 1.82) is 0 Å². The molecule has 1 aromatic rings. The molecule has 0 spiro atoms. The molecule has 22 heavy (non-hydrogen) atoms. The molecule has 0 amide bonds. The molecular formula is C17H23NO4. The minimum Gasteiger partial charge on any atom is -0.497 e. The third kappa shape index (κ3) is 2.90. The molecule has 1 unspecified atom stereocenters. The monoisotopic (exact) mass is 305 g/mol. The molecule has 0 radical (unpaired) electrons. The molecule has 0 aromatic heterocycles. The zero-order chi connectivity index (χ0) is 15.7. The largest absolute Gasteiger partial charge is 0.497 e. The van der Waals surface area contributed by atoms with E-state index in [-0.39, 0.29) is 12.1 Å². The van der Waals surface area contributed by atoms with Crippen LogP contribution in [0.5, 0.6) is 11.5 Å². The Kier molecular flexibility index (Phi) is 4.25. The van der Waals surface area contributed by atoms with Crippen molar-refractivity contribution >= 4 is 5.97 Å². The van der Waals surface area contributed by atoms with Crippen LogP contribution in [0.4, 0.5) is 0 Å². The maximum atomic E-state index is 12.4. The zero-order valence-corrected chi connectivity index (χ0v) is 13.4. The zero-order valence-electron chi connectivity index (χ0n) is 13.4. The smallest absolute Gasteiger partial charge is 0.338 e. The molecule has 3 rings (SSSR count). The Bertz CT molecular complexity index is 523. The van der Waals surface area contributed by atoms with Gasteiger partial charge in [-0.1, -0.05) is 0 Å². The van der Waals surface area contributed by atoms with Crippen molar-refractivity contribution in [3.8, 4) is 11.5 Å².